The molecule has 0 amide bonds. The highest BCUT2D eigenvalue weighted by molar-refractivity contribution is 8.31. The predicted molar refractivity (Wildman–Crippen MR) is 45.8 cm³/mol. The van der Waals surface area contributed by atoms with Crippen LogP contribution in [-0.4, -0.2) is 8.42 Å². The van der Waals surface area contributed by atoms with E-state index in [4.69, 9.17) is 8.42 Å². The van der Waals surface area contributed by atoms with E-state index in [2.05, 4.69) is 49.1 Å². The molecule has 0 spiro atoms. The van der Waals surface area contributed by atoms with E-state index in [0.29, 0.717) is 5.41 Å². The fourth-order valence-electron chi connectivity index (χ4n) is 0. The molecule has 0 radical (unpaired) electrons. The van der Waals surface area contributed by atoms with Crippen molar-refractivity contribution in [1.29, 1.82) is 0 Å². The molecule has 2 nitrogen and oxygen atoms in total. The van der Waals surface area contributed by atoms with E-state index in [9.17, 15) is 0 Å². The smallest absolute Gasteiger partial charge is 0.195 e. The van der Waals surface area contributed by atoms with Crippen LogP contribution in [0.15, 0.2) is 0 Å². The lowest BCUT2D eigenvalue weighted by Gasteiger charge is -2.05. The van der Waals surface area contributed by atoms with Gasteiger partial charge in [-0.1, -0.05) is 27.7 Å². The van der Waals surface area contributed by atoms with Gasteiger partial charge in [-0.15, -0.1) is 0 Å². The summed E-state index contributed by atoms with van der Waals surface area (Å²) in [7, 11) is 4.81. The van der Waals surface area contributed by atoms with Crippen LogP contribution in [-0.2, 0) is 8.26 Å². The molecular weight excluding hydrogens is 195 g/mol. The van der Waals surface area contributed by atoms with Crippen LogP contribution in [0.3, 0.4) is 0 Å². The second-order valence-electron chi connectivity index (χ2n) is 3.38. The molecule has 0 saturated heterocycles. The first-order valence-electron chi connectivity index (χ1n) is 2.64. The van der Waals surface area contributed by atoms with Crippen molar-refractivity contribution in [3.05, 3.63) is 0 Å². The minimum absolute atomic E-state index is 0.500. The highest BCUT2D eigenvalue weighted by Crippen LogP contribution is 2.08. The van der Waals surface area contributed by atoms with Crippen molar-refractivity contribution in [1.82, 2.24) is 0 Å². The first-order valence-corrected chi connectivity index (χ1v) is 5.78. The average molecular weight is 207 g/mol. The molecule has 0 atom stereocenters. The number of halogens is 2. The summed E-state index contributed by atoms with van der Waals surface area (Å²) in [6.07, 6.45) is 0. The fraction of sp³-hybridized carbons (Fsp3) is 1.00. The fourth-order valence-corrected chi connectivity index (χ4v) is 0. The van der Waals surface area contributed by atoms with Crippen molar-refractivity contribution in [3.63, 3.8) is 0 Å². The Balaban J connectivity index is 0. The van der Waals surface area contributed by atoms with Gasteiger partial charge in [-0.2, -0.15) is 8.42 Å². The maximum absolute atomic E-state index is 9.16. The zero-order chi connectivity index (χ0) is 9.00. The highest BCUT2D eigenvalue weighted by Gasteiger charge is 1.95. The molecule has 0 unspecified atom stereocenters. The molecule has 0 saturated carbocycles. The van der Waals surface area contributed by atoms with Crippen molar-refractivity contribution < 1.29 is 8.42 Å². The number of hydrogen-bond acceptors (Lipinski definition) is 2. The Hall–Kier alpha value is 0.530. The molecule has 5 heteroatoms. The van der Waals surface area contributed by atoms with Gasteiger partial charge >= 0.3 is 8.26 Å². The maximum Gasteiger partial charge on any atom is 0.317 e. The molecule has 10 heavy (non-hydrogen) atoms. The molecule has 0 N–H and O–H groups in total. The lowest BCUT2D eigenvalue weighted by Crippen LogP contribution is -1.93. The van der Waals surface area contributed by atoms with Gasteiger partial charge in [0.25, 0.3) is 0 Å². The lowest BCUT2D eigenvalue weighted by molar-refractivity contribution is 0.469. The molecule has 0 aliphatic rings. The van der Waals surface area contributed by atoms with Gasteiger partial charge in [0.1, 0.15) is 0 Å². The van der Waals surface area contributed by atoms with E-state index in [-0.39, 0.29) is 0 Å². The summed E-state index contributed by atoms with van der Waals surface area (Å²) in [6, 6.07) is 0. The minimum Gasteiger partial charge on any atom is -0.195 e. The largest absolute Gasteiger partial charge is 0.317 e. The van der Waals surface area contributed by atoms with E-state index in [1.165, 1.54) is 0 Å². The van der Waals surface area contributed by atoms with Gasteiger partial charge in [0.15, 0.2) is 0 Å². The van der Waals surface area contributed by atoms with Gasteiger partial charge in [0, 0.05) is 21.4 Å². The van der Waals surface area contributed by atoms with Gasteiger partial charge < -0.3 is 0 Å². The van der Waals surface area contributed by atoms with Crippen LogP contribution < -0.4 is 0 Å². The van der Waals surface area contributed by atoms with Crippen LogP contribution in [0.4, 0.5) is 0 Å². The van der Waals surface area contributed by atoms with Gasteiger partial charge in [0.05, 0.1) is 0 Å². The second kappa shape index (κ2) is 4.42. The van der Waals surface area contributed by atoms with Crippen molar-refractivity contribution in [2.75, 3.05) is 0 Å². The van der Waals surface area contributed by atoms with Gasteiger partial charge in [-0.3, -0.25) is 0 Å². The van der Waals surface area contributed by atoms with Crippen molar-refractivity contribution in [2.24, 2.45) is 5.41 Å². The Bertz CT molecular complexity index is 153. The molecule has 64 valence electrons. The molecule has 0 heterocycles. The van der Waals surface area contributed by atoms with E-state index >= 15 is 0 Å². The molecular formula is C5H12Cl2O2S. The van der Waals surface area contributed by atoms with E-state index < -0.39 is 8.26 Å². The normalized spacial score (nSPS) is 11.8. The predicted octanol–water partition coefficient (Wildman–Crippen LogP) is 2.76. The van der Waals surface area contributed by atoms with Gasteiger partial charge in [-0.25, -0.2) is 0 Å². The van der Waals surface area contributed by atoms with Crippen molar-refractivity contribution >= 4 is 29.6 Å². The monoisotopic (exact) mass is 206 g/mol. The Kier molecular flexibility index (Phi) is 5.81. The Morgan fingerprint density at radius 1 is 1.00 bits per heavy atom. The highest BCUT2D eigenvalue weighted by atomic mass is 36.0. The average Bonchev–Trinajstić information content (AvgIpc) is 1.12. The number of rotatable bonds is 0. The molecule has 0 aliphatic heterocycles. The summed E-state index contributed by atoms with van der Waals surface area (Å²) < 4.78 is 18.3. The summed E-state index contributed by atoms with van der Waals surface area (Å²) in [5.74, 6) is 0. The molecule has 0 rings (SSSR count). The van der Waals surface area contributed by atoms with Crippen LogP contribution in [0, 0.1) is 5.41 Å². The van der Waals surface area contributed by atoms with Crippen molar-refractivity contribution in [3.8, 4) is 0 Å². The topological polar surface area (TPSA) is 34.1 Å². The lowest BCUT2D eigenvalue weighted by atomic mass is 10.0. The molecule has 0 aliphatic carbocycles. The zero-order valence-electron chi connectivity index (χ0n) is 6.48. The van der Waals surface area contributed by atoms with Crippen LogP contribution in [0.25, 0.3) is 0 Å². The third-order valence-electron chi connectivity index (χ3n) is 0. The molecule has 0 aromatic carbocycles. The third kappa shape index (κ3) is 1720. The SMILES string of the molecule is CC(C)(C)C.O=S(=O)(Cl)Cl. The van der Waals surface area contributed by atoms with Crippen LogP contribution in [0.1, 0.15) is 27.7 Å². The quantitative estimate of drug-likeness (QED) is 0.572. The first kappa shape index (κ1) is 13.1. The molecule has 0 fully saturated rings. The van der Waals surface area contributed by atoms with E-state index in [1.54, 1.807) is 0 Å². The Labute approximate surface area is 71.4 Å². The van der Waals surface area contributed by atoms with Crippen LogP contribution >= 0.6 is 21.4 Å². The number of hydrogen-bond donors (Lipinski definition) is 0. The minimum atomic E-state index is -3.72. The first-order chi connectivity index (χ1) is 4.00. The van der Waals surface area contributed by atoms with Crippen molar-refractivity contribution in [2.45, 2.75) is 27.7 Å². The molecule has 0 aromatic heterocycles. The summed E-state index contributed by atoms with van der Waals surface area (Å²) in [5.41, 5.74) is 0.500. The summed E-state index contributed by atoms with van der Waals surface area (Å²) >= 11 is 0. The van der Waals surface area contributed by atoms with Crippen LogP contribution in [0.2, 0.25) is 0 Å². The van der Waals surface area contributed by atoms with E-state index in [0.717, 1.165) is 0 Å². The Morgan fingerprint density at radius 2 is 1.00 bits per heavy atom. The van der Waals surface area contributed by atoms with Gasteiger partial charge in [-0.05, 0) is 5.41 Å². The zero-order valence-corrected chi connectivity index (χ0v) is 8.81. The third-order valence-corrected chi connectivity index (χ3v) is 0. The Morgan fingerprint density at radius 3 is 1.00 bits per heavy atom. The molecule has 0 bridgehead atoms. The summed E-state index contributed by atoms with van der Waals surface area (Å²) in [6.45, 7) is 8.75. The van der Waals surface area contributed by atoms with E-state index in [1.807, 2.05) is 0 Å². The maximum atomic E-state index is 9.16. The summed E-state index contributed by atoms with van der Waals surface area (Å²) in [4.78, 5) is 0. The standard InChI is InChI=1S/C5H12.Cl2O2S/c2*1-5(2,3)4/h1-4H3;. The van der Waals surface area contributed by atoms with Crippen LogP contribution in [0.5, 0.6) is 0 Å². The molecule has 0 aromatic rings. The second-order valence-corrected chi connectivity index (χ2v) is 7.05. The summed E-state index contributed by atoms with van der Waals surface area (Å²) in [5, 5.41) is 0. The van der Waals surface area contributed by atoms with Gasteiger partial charge in [0.2, 0.25) is 0 Å².